The first-order valence-corrected chi connectivity index (χ1v) is 9.59. The summed E-state index contributed by atoms with van der Waals surface area (Å²) in [6.07, 6.45) is -3.65. The van der Waals surface area contributed by atoms with E-state index in [1.807, 2.05) is 30.3 Å². The average Bonchev–Trinajstić information content (AvgIpc) is 3.06. The molecule has 150 valence electrons. The molecule has 0 aliphatic heterocycles. The molecule has 0 spiro atoms. The smallest absolute Gasteiger partial charge is 0.298 e. The molecule has 1 aromatic heterocycles. The highest BCUT2D eigenvalue weighted by atomic mass is 32.1. The Morgan fingerprint density at radius 3 is 2.48 bits per heavy atom. The van der Waals surface area contributed by atoms with Crippen molar-refractivity contribution < 1.29 is 22.8 Å². The molecule has 3 aromatic rings. The summed E-state index contributed by atoms with van der Waals surface area (Å²) in [4.78, 5) is 29.4. The largest absolute Gasteiger partial charge is 0.416 e. The maximum Gasteiger partial charge on any atom is 0.416 e. The predicted molar refractivity (Wildman–Crippen MR) is 105 cm³/mol. The Balaban J connectivity index is 1.68. The van der Waals surface area contributed by atoms with Gasteiger partial charge in [0, 0.05) is 12.0 Å². The number of amides is 1. The molecule has 1 heterocycles. The first kappa shape index (κ1) is 20.7. The van der Waals surface area contributed by atoms with Gasteiger partial charge in [-0.3, -0.25) is 14.9 Å². The molecule has 29 heavy (non-hydrogen) atoms. The van der Waals surface area contributed by atoms with E-state index in [1.165, 1.54) is 12.1 Å². The fraction of sp³-hybridized carbons (Fsp3) is 0.190. The Labute approximate surface area is 169 Å². The number of nitrogens with one attached hydrogen (secondary N) is 1. The molecule has 2 aromatic carbocycles. The van der Waals surface area contributed by atoms with Gasteiger partial charge in [-0.2, -0.15) is 13.2 Å². The van der Waals surface area contributed by atoms with Crippen molar-refractivity contribution in [1.82, 2.24) is 4.98 Å². The zero-order chi connectivity index (χ0) is 21.0. The van der Waals surface area contributed by atoms with Gasteiger partial charge in [-0.15, -0.1) is 0 Å². The van der Waals surface area contributed by atoms with Crippen molar-refractivity contribution in [1.29, 1.82) is 0 Å². The van der Waals surface area contributed by atoms with E-state index in [-0.39, 0.29) is 16.5 Å². The number of benzene rings is 2. The molecule has 4 nitrogen and oxygen atoms in total. The van der Waals surface area contributed by atoms with Crippen LogP contribution in [0.25, 0.3) is 0 Å². The van der Waals surface area contributed by atoms with E-state index < -0.39 is 17.6 Å². The topological polar surface area (TPSA) is 59.1 Å². The van der Waals surface area contributed by atoms with Crippen molar-refractivity contribution in [2.45, 2.75) is 25.9 Å². The molecular formula is C21H17F3N2O2S. The highest BCUT2D eigenvalue weighted by Gasteiger charge is 2.31. The van der Waals surface area contributed by atoms with Crippen LogP contribution in [0.4, 0.5) is 18.3 Å². The van der Waals surface area contributed by atoms with E-state index in [9.17, 15) is 22.8 Å². The molecule has 0 aliphatic carbocycles. The summed E-state index contributed by atoms with van der Waals surface area (Å²) in [5.74, 6) is -0.809. The van der Waals surface area contributed by atoms with Crippen LogP contribution >= 0.6 is 11.3 Å². The quantitative estimate of drug-likeness (QED) is 0.535. The van der Waals surface area contributed by atoms with Crippen LogP contribution in [-0.4, -0.2) is 16.7 Å². The van der Waals surface area contributed by atoms with Crippen LogP contribution in [0, 0.1) is 6.92 Å². The van der Waals surface area contributed by atoms with Crippen LogP contribution < -0.4 is 5.32 Å². The SMILES string of the molecule is Cc1nc(NC(=O)c2cccc(C(F)(F)F)c2)sc1C(=O)CCc1ccccc1. The molecular weight excluding hydrogens is 401 g/mol. The van der Waals surface area contributed by atoms with Crippen LogP contribution in [0.3, 0.4) is 0 Å². The van der Waals surface area contributed by atoms with Gasteiger partial charge in [0.2, 0.25) is 0 Å². The van der Waals surface area contributed by atoms with Crippen LogP contribution in [0.5, 0.6) is 0 Å². The summed E-state index contributed by atoms with van der Waals surface area (Å²) in [5, 5.41) is 2.65. The fourth-order valence-corrected chi connectivity index (χ4v) is 3.66. The van der Waals surface area contributed by atoms with Crippen LogP contribution in [0.2, 0.25) is 0 Å². The van der Waals surface area contributed by atoms with E-state index >= 15 is 0 Å². The minimum Gasteiger partial charge on any atom is -0.298 e. The van der Waals surface area contributed by atoms with Crippen LogP contribution in [0.15, 0.2) is 54.6 Å². The normalized spacial score (nSPS) is 11.3. The fourth-order valence-electron chi connectivity index (χ4n) is 2.73. The Morgan fingerprint density at radius 2 is 1.79 bits per heavy atom. The number of rotatable bonds is 6. The van der Waals surface area contributed by atoms with Crippen molar-refractivity contribution in [2.75, 3.05) is 5.32 Å². The van der Waals surface area contributed by atoms with Crippen molar-refractivity contribution in [3.63, 3.8) is 0 Å². The van der Waals surface area contributed by atoms with Gasteiger partial charge in [0.25, 0.3) is 5.91 Å². The lowest BCUT2D eigenvalue weighted by Gasteiger charge is -2.08. The Bertz CT molecular complexity index is 1030. The molecule has 0 bridgehead atoms. The molecule has 8 heteroatoms. The predicted octanol–water partition coefficient (Wildman–Crippen LogP) is 5.54. The number of carbonyl (C=O) groups is 2. The van der Waals surface area contributed by atoms with Crippen molar-refractivity contribution >= 4 is 28.2 Å². The lowest BCUT2D eigenvalue weighted by molar-refractivity contribution is -0.137. The van der Waals surface area contributed by atoms with Gasteiger partial charge in [0.1, 0.15) is 0 Å². The number of nitrogens with zero attached hydrogens (tertiary/aromatic N) is 1. The van der Waals surface area contributed by atoms with E-state index in [1.54, 1.807) is 6.92 Å². The number of aromatic nitrogens is 1. The Morgan fingerprint density at radius 1 is 1.07 bits per heavy atom. The van der Waals surface area contributed by atoms with E-state index in [0.29, 0.717) is 23.4 Å². The average molecular weight is 418 g/mol. The molecule has 0 aliphatic rings. The molecule has 0 fully saturated rings. The third-order valence-corrected chi connectivity index (χ3v) is 5.32. The Kier molecular flexibility index (Phi) is 6.12. The molecule has 0 unspecified atom stereocenters. The summed E-state index contributed by atoms with van der Waals surface area (Å²) < 4.78 is 38.5. The number of alkyl halides is 3. The minimum absolute atomic E-state index is 0.0941. The van der Waals surface area contributed by atoms with E-state index in [0.717, 1.165) is 29.0 Å². The number of halogens is 3. The number of hydrogen-bond donors (Lipinski definition) is 1. The van der Waals surface area contributed by atoms with E-state index in [2.05, 4.69) is 10.3 Å². The van der Waals surface area contributed by atoms with Gasteiger partial charge in [0.15, 0.2) is 10.9 Å². The third kappa shape index (κ3) is 5.29. The van der Waals surface area contributed by atoms with E-state index in [4.69, 9.17) is 0 Å². The standard InChI is InChI=1S/C21H17F3N2O2S/c1-13-18(17(27)11-10-14-6-3-2-4-7-14)29-20(25-13)26-19(28)15-8-5-9-16(12-15)21(22,23)24/h2-9,12H,10-11H2,1H3,(H,25,26,28). The van der Waals surface area contributed by atoms with Gasteiger partial charge in [-0.1, -0.05) is 47.7 Å². The Hall–Kier alpha value is -3.00. The molecule has 0 atom stereocenters. The van der Waals surface area contributed by atoms with Gasteiger partial charge >= 0.3 is 6.18 Å². The first-order chi connectivity index (χ1) is 13.7. The first-order valence-electron chi connectivity index (χ1n) is 8.77. The summed E-state index contributed by atoms with van der Waals surface area (Å²) >= 11 is 1.02. The summed E-state index contributed by atoms with van der Waals surface area (Å²) in [6, 6.07) is 13.7. The number of anilines is 1. The number of Topliss-reactive ketones (excluding diaryl/α,β-unsaturated/α-hetero) is 1. The molecule has 0 saturated carbocycles. The third-order valence-electron chi connectivity index (χ3n) is 4.21. The summed E-state index contributed by atoms with van der Waals surface area (Å²) in [5.41, 5.74) is 0.482. The van der Waals surface area contributed by atoms with Gasteiger partial charge < -0.3 is 0 Å². The number of thiazole rings is 1. The molecule has 3 rings (SSSR count). The molecule has 1 N–H and O–H groups in total. The molecule has 0 radical (unpaired) electrons. The number of carbonyl (C=O) groups excluding carboxylic acids is 2. The zero-order valence-electron chi connectivity index (χ0n) is 15.4. The molecule has 0 saturated heterocycles. The molecule has 1 amide bonds. The number of aryl methyl sites for hydroxylation is 2. The highest BCUT2D eigenvalue weighted by Crippen LogP contribution is 2.30. The van der Waals surface area contributed by atoms with Gasteiger partial charge in [-0.05, 0) is 37.1 Å². The lowest BCUT2D eigenvalue weighted by atomic mass is 10.1. The van der Waals surface area contributed by atoms with Crippen LogP contribution in [-0.2, 0) is 12.6 Å². The van der Waals surface area contributed by atoms with Gasteiger partial charge in [0.05, 0.1) is 16.1 Å². The summed E-state index contributed by atoms with van der Waals surface area (Å²) in [7, 11) is 0. The second-order valence-corrected chi connectivity index (χ2v) is 7.37. The second-order valence-electron chi connectivity index (χ2n) is 6.38. The maximum atomic E-state index is 12.8. The zero-order valence-corrected chi connectivity index (χ0v) is 16.2. The number of hydrogen-bond acceptors (Lipinski definition) is 4. The summed E-state index contributed by atoms with van der Waals surface area (Å²) in [6.45, 7) is 1.66. The number of ketones is 1. The van der Waals surface area contributed by atoms with Gasteiger partial charge in [-0.25, -0.2) is 4.98 Å². The minimum atomic E-state index is -4.54. The maximum absolute atomic E-state index is 12.8. The van der Waals surface area contributed by atoms with Crippen molar-refractivity contribution in [3.05, 3.63) is 81.9 Å². The lowest BCUT2D eigenvalue weighted by Crippen LogP contribution is -2.13. The second kappa shape index (κ2) is 8.57. The van der Waals surface area contributed by atoms with Crippen molar-refractivity contribution in [3.8, 4) is 0 Å². The van der Waals surface area contributed by atoms with Crippen LogP contribution in [0.1, 0.15) is 43.3 Å². The van der Waals surface area contributed by atoms with Crippen molar-refractivity contribution in [2.24, 2.45) is 0 Å². The highest BCUT2D eigenvalue weighted by molar-refractivity contribution is 7.17. The monoisotopic (exact) mass is 418 g/mol.